The molecule has 0 aromatic heterocycles. The van der Waals surface area contributed by atoms with Gasteiger partial charge in [-0.1, -0.05) is 0 Å². The minimum Gasteiger partial charge on any atom is -0.399 e. The van der Waals surface area contributed by atoms with Gasteiger partial charge in [-0.05, 0) is 12.1 Å². The maximum absolute atomic E-state index is 12.4. The number of nitrogens with two attached hydrogens (primary N) is 2. The summed E-state index contributed by atoms with van der Waals surface area (Å²) < 4.78 is 74.0. The predicted octanol–water partition coefficient (Wildman–Crippen LogP) is 2.89. The van der Waals surface area contributed by atoms with Crippen LogP contribution in [0.1, 0.15) is 11.1 Å². The number of benzene rings is 1. The first-order valence-corrected chi connectivity index (χ1v) is 3.87. The van der Waals surface area contributed by atoms with Gasteiger partial charge in [0, 0.05) is 11.4 Å². The van der Waals surface area contributed by atoms with Gasteiger partial charge in [-0.3, -0.25) is 0 Å². The van der Waals surface area contributed by atoms with Crippen LogP contribution in [0.25, 0.3) is 0 Å². The van der Waals surface area contributed by atoms with Crippen LogP contribution >= 0.6 is 0 Å². The van der Waals surface area contributed by atoms with E-state index in [1.165, 1.54) is 0 Å². The van der Waals surface area contributed by atoms with Crippen molar-refractivity contribution in [3.8, 4) is 0 Å². The normalized spacial score (nSPS) is 12.9. The van der Waals surface area contributed by atoms with E-state index in [2.05, 4.69) is 0 Å². The van der Waals surface area contributed by atoms with Crippen LogP contribution < -0.4 is 11.5 Å². The second kappa shape index (κ2) is 3.46. The topological polar surface area (TPSA) is 52.0 Å². The molecular formula is C8H6F6N2. The second-order valence-corrected chi connectivity index (χ2v) is 3.03. The van der Waals surface area contributed by atoms with Crippen LogP contribution in [0.2, 0.25) is 0 Å². The first-order chi connectivity index (χ1) is 7.03. The molecule has 16 heavy (non-hydrogen) atoms. The molecule has 90 valence electrons. The van der Waals surface area contributed by atoms with Crippen molar-refractivity contribution in [3.63, 3.8) is 0 Å². The Morgan fingerprint density at radius 3 is 1.69 bits per heavy atom. The highest BCUT2D eigenvalue weighted by Crippen LogP contribution is 2.44. The zero-order chi connectivity index (χ0) is 12.7. The van der Waals surface area contributed by atoms with E-state index in [1.54, 1.807) is 0 Å². The average molecular weight is 244 g/mol. The van der Waals surface area contributed by atoms with Crippen molar-refractivity contribution in [2.75, 3.05) is 11.5 Å². The summed E-state index contributed by atoms with van der Waals surface area (Å²) in [6.07, 6.45) is -10.3. The molecule has 0 saturated carbocycles. The molecule has 0 radical (unpaired) electrons. The molecule has 0 heterocycles. The minimum atomic E-state index is -5.18. The summed E-state index contributed by atoms with van der Waals surface area (Å²) in [6.45, 7) is 0. The smallest absolute Gasteiger partial charge is 0.399 e. The van der Waals surface area contributed by atoms with Gasteiger partial charge < -0.3 is 11.5 Å². The first-order valence-electron chi connectivity index (χ1n) is 3.87. The molecule has 0 fully saturated rings. The summed E-state index contributed by atoms with van der Waals surface area (Å²) >= 11 is 0. The Balaban J connectivity index is 3.58. The van der Waals surface area contributed by atoms with Crippen LogP contribution in [-0.2, 0) is 12.4 Å². The van der Waals surface area contributed by atoms with Crippen LogP contribution in [0, 0.1) is 0 Å². The van der Waals surface area contributed by atoms with Gasteiger partial charge in [0.2, 0.25) is 0 Å². The van der Waals surface area contributed by atoms with Crippen molar-refractivity contribution < 1.29 is 26.3 Å². The second-order valence-electron chi connectivity index (χ2n) is 3.03. The Morgan fingerprint density at radius 2 is 1.31 bits per heavy atom. The van der Waals surface area contributed by atoms with Crippen molar-refractivity contribution >= 4 is 11.4 Å². The molecule has 0 spiro atoms. The van der Waals surface area contributed by atoms with Crippen LogP contribution in [-0.4, -0.2) is 0 Å². The molecule has 0 aliphatic rings. The van der Waals surface area contributed by atoms with Crippen molar-refractivity contribution in [1.82, 2.24) is 0 Å². The van der Waals surface area contributed by atoms with Gasteiger partial charge >= 0.3 is 12.4 Å². The fraction of sp³-hybridized carbons (Fsp3) is 0.250. The van der Waals surface area contributed by atoms with Crippen LogP contribution in [0.15, 0.2) is 12.1 Å². The lowest BCUT2D eigenvalue weighted by Gasteiger charge is -2.17. The lowest BCUT2D eigenvalue weighted by atomic mass is 10.0. The molecule has 0 bridgehead atoms. The Bertz CT molecular complexity index is 406. The van der Waals surface area contributed by atoms with Gasteiger partial charge in [-0.15, -0.1) is 0 Å². The summed E-state index contributed by atoms with van der Waals surface area (Å²) in [5.74, 6) is 0. The van der Waals surface area contributed by atoms with Gasteiger partial charge in [0.05, 0.1) is 11.1 Å². The molecule has 1 aromatic carbocycles. The van der Waals surface area contributed by atoms with Crippen molar-refractivity contribution in [3.05, 3.63) is 23.3 Å². The number of rotatable bonds is 0. The van der Waals surface area contributed by atoms with Crippen molar-refractivity contribution in [2.45, 2.75) is 12.4 Å². The molecule has 4 N–H and O–H groups in total. The summed E-state index contributed by atoms with van der Waals surface area (Å²) in [6, 6.07) is 0.844. The number of anilines is 2. The number of halogens is 6. The Morgan fingerprint density at radius 1 is 0.812 bits per heavy atom. The van der Waals surface area contributed by atoms with E-state index < -0.39 is 34.9 Å². The van der Waals surface area contributed by atoms with Crippen LogP contribution in [0.5, 0.6) is 0 Å². The van der Waals surface area contributed by atoms with Crippen molar-refractivity contribution in [1.29, 1.82) is 0 Å². The zero-order valence-corrected chi connectivity index (χ0v) is 7.58. The number of hydrogen-bond acceptors (Lipinski definition) is 2. The molecule has 0 atom stereocenters. The maximum atomic E-state index is 12.4. The zero-order valence-electron chi connectivity index (χ0n) is 7.58. The van der Waals surface area contributed by atoms with E-state index in [0.717, 1.165) is 0 Å². The summed E-state index contributed by atoms with van der Waals surface area (Å²) in [5.41, 5.74) is 4.62. The molecule has 0 aliphatic carbocycles. The number of alkyl halides is 6. The fourth-order valence-corrected chi connectivity index (χ4v) is 1.23. The highest BCUT2D eigenvalue weighted by Gasteiger charge is 2.44. The third-order valence-electron chi connectivity index (χ3n) is 1.78. The molecule has 1 rings (SSSR count). The van der Waals surface area contributed by atoms with E-state index in [1.807, 2.05) is 0 Å². The van der Waals surface area contributed by atoms with Gasteiger partial charge in [-0.25, -0.2) is 0 Å². The molecule has 8 heteroatoms. The predicted molar refractivity (Wildman–Crippen MR) is 45.3 cm³/mol. The lowest BCUT2D eigenvalue weighted by Crippen LogP contribution is -2.19. The molecule has 0 amide bonds. The van der Waals surface area contributed by atoms with Crippen LogP contribution in [0.4, 0.5) is 37.7 Å². The summed E-state index contributed by atoms with van der Waals surface area (Å²) in [4.78, 5) is 0. The average Bonchev–Trinajstić information content (AvgIpc) is 1.97. The van der Waals surface area contributed by atoms with E-state index in [0.29, 0.717) is 6.07 Å². The van der Waals surface area contributed by atoms with Crippen molar-refractivity contribution in [2.24, 2.45) is 0 Å². The largest absolute Gasteiger partial charge is 0.418 e. The summed E-state index contributed by atoms with van der Waals surface area (Å²) in [5, 5.41) is 0. The SMILES string of the molecule is Nc1cc(N)c(C(F)(F)F)c(C(F)(F)F)c1. The molecule has 0 saturated heterocycles. The fourth-order valence-electron chi connectivity index (χ4n) is 1.23. The molecule has 1 aromatic rings. The van der Waals surface area contributed by atoms with E-state index >= 15 is 0 Å². The third kappa shape index (κ3) is 2.31. The minimum absolute atomic E-state index is 0.208. The van der Waals surface area contributed by atoms with E-state index in [9.17, 15) is 26.3 Å². The number of nitrogen functional groups attached to an aromatic ring is 2. The lowest BCUT2D eigenvalue weighted by molar-refractivity contribution is -0.161. The monoisotopic (exact) mass is 244 g/mol. The van der Waals surface area contributed by atoms with Crippen LogP contribution in [0.3, 0.4) is 0 Å². The standard InChI is InChI=1S/C8H6F6N2/c9-7(10,11)4-1-3(15)2-5(16)6(4)8(12,13)14/h1-2H,15-16H2. The first kappa shape index (κ1) is 12.5. The maximum Gasteiger partial charge on any atom is 0.418 e. The third-order valence-corrected chi connectivity index (χ3v) is 1.78. The molecule has 0 unspecified atom stereocenters. The molecular weight excluding hydrogens is 238 g/mol. The van der Waals surface area contributed by atoms with Gasteiger partial charge in [0.1, 0.15) is 0 Å². The number of hydrogen-bond donors (Lipinski definition) is 2. The highest BCUT2D eigenvalue weighted by molar-refractivity contribution is 5.62. The highest BCUT2D eigenvalue weighted by atomic mass is 19.4. The Hall–Kier alpha value is -1.60. The Kier molecular flexibility index (Phi) is 2.70. The quantitative estimate of drug-likeness (QED) is 0.544. The summed E-state index contributed by atoms with van der Waals surface area (Å²) in [7, 11) is 0. The molecule has 2 nitrogen and oxygen atoms in total. The molecule has 0 aliphatic heterocycles. The Labute approximate surface area is 85.8 Å². The van der Waals surface area contributed by atoms with E-state index in [4.69, 9.17) is 11.5 Å². The van der Waals surface area contributed by atoms with Gasteiger partial charge in [0.15, 0.2) is 0 Å². The van der Waals surface area contributed by atoms with E-state index in [-0.39, 0.29) is 6.07 Å². The van der Waals surface area contributed by atoms with Gasteiger partial charge in [-0.2, -0.15) is 26.3 Å². The van der Waals surface area contributed by atoms with Gasteiger partial charge in [0.25, 0.3) is 0 Å².